The summed E-state index contributed by atoms with van der Waals surface area (Å²) in [5.74, 6) is 0.716. The second-order valence-corrected chi connectivity index (χ2v) is 5.56. The highest BCUT2D eigenvalue weighted by Gasteiger charge is 2.08. The molecule has 0 aliphatic carbocycles. The van der Waals surface area contributed by atoms with Gasteiger partial charge in [0.25, 0.3) is 0 Å². The third kappa shape index (κ3) is 3.54. The number of aromatic nitrogens is 1. The number of aliphatic hydroxyl groups is 1. The summed E-state index contributed by atoms with van der Waals surface area (Å²) in [5, 5.41) is 13.1. The van der Waals surface area contributed by atoms with Crippen LogP contribution in [0.2, 0.25) is 0 Å². The van der Waals surface area contributed by atoms with Crippen molar-refractivity contribution in [1.29, 1.82) is 0 Å². The van der Waals surface area contributed by atoms with Crippen molar-refractivity contribution in [2.45, 2.75) is 6.10 Å². The fourth-order valence-corrected chi connectivity index (χ4v) is 2.66. The molecule has 0 radical (unpaired) electrons. The fourth-order valence-electron chi connectivity index (χ4n) is 1.53. The minimum atomic E-state index is -0.552. The summed E-state index contributed by atoms with van der Waals surface area (Å²) < 4.78 is 1.76. The summed E-state index contributed by atoms with van der Waals surface area (Å²) in [6.07, 6.45) is 1.16. The van der Waals surface area contributed by atoms with E-state index in [9.17, 15) is 5.11 Å². The number of anilines is 1. The quantitative estimate of drug-likeness (QED) is 0.860. The molecule has 0 aliphatic heterocycles. The molecule has 3 nitrogen and oxygen atoms in total. The standard InChI is InChI=1S/C13H12Br2N2O/c14-10-6-11(15)13(16-7-10)17-8-12(18)9-4-2-1-3-5-9/h1-7,12,18H,8H2,(H,16,17). The predicted octanol–water partition coefficient (Wildman–Crippen LogP) is 3.75. The number of rotatable bonds is 4. The van der Waals surface area contributed by atoms with Gasteiger partial charge in [-0.15, -0.1) is 0 Å². The third-order valence-electron chi connectivity index (χ3n) is 2.46. The second-order valence-electron chi connectivity index (χ2n) is 3.79. The number of halogens is 2. The molecule has 2 rings (SSSR count). The topological polar surface area (TPSA) is 45.1 Å². The largest absolute Gasteiger partial charge is 0.387 e. The number of aliphatic hydroxyl groups excluding tert-OH is 1. The zero-order valence-corrected chi connectivity index (χ0v) is 12.6. The van der Waals surface area contributed by atoms with Crippen LogP contribution in [0.5, 0.6) is 0 Å². The molecule has 0 aliphatic rings. The minimum Gasteiger partial charge on any atom is -0.387 e. The molecule has 2 N–H and O–H groups in total. The van der Waals surface area contributed by atoms with Gasteiger partial charge in [-0.1, -0.05) is 30.3 Å². The normalized spacial score (nSPS) is 12.2. The maximum absolute atomic E-state index is 10.0. The molecule has 94 valence electrons. The molecular formula is C13H12Br2N2O. The molecule has 1 heterocycles. The van der Waals surface area contributed by atoms with Crippen LogP contribution in [0.15, 0.2) is 51.5 Å². The van der Waals surface area contributed by atoms with Gasteiger partial charge in [-0.05, 0) is 43.5 Å². The molecule has 0 saturated heterocycles. The zero-order chi connectivity index (χ0) is 13.0. The summed E-state index contributed by atoms with van der Waals surface area (Å²) in [4.78, 5) is 4.23. The molecule has 0 spiro atoms. The molecule has 0 amide bonds. The maximum atomic E-state index is 10.0. The number of hydrogen-bond donors (Lipinski definition) is 2. The van der Waals surface area contributed by atoms with Gasteiger partial charge in [0.15, 0.2) is 0 Å². The van der Waals surface area contributed by atoms with E-state index in [2.05, 4.69) is 42.2 Å². The van der Waals surface area contributed by atoms with Gasteiger partial charge < -0.3 is 10.4 Å². The van der Waals surface area contributed by atoms with Gasteiger partial charge in [0.05, 0.1) is 10.6 Å². The van der Waals surface area contributed by atoms with Gasteiger partial charge in [0, 0.05) is 17.2 Å². The summed E-state index contributed by atoms with van der Waals surface area (Å²) in [6.45, 7) is 0.414. The average Bonchev–Trinajstić information content (AvgIpc) is 2.38. The molecule has 1 unspecified atom stereocenters. The van der Waals surface area contributed by atoms with E-state index in [-0.39, 0.29) is 0 Å². The maximum Gasteiger partial charge on any atom is 0.140 e. The smallest absolute Gasteiger partial charge is 0.140 e. The molecule has 1 aromatic heterocycles. The lowest BCUT2D eigenvalue weighted by Gasteiger charge is -2.13. The number of nitrogens with zero attached hydrogens (tertiary/aromatic N) is 1. The van der Waals surface area contributed by atoms with Crippen LogP contribution in [0.3, 0.4) is 0 Å². The first-order valence-corrected chi connectivity index (χ1v) is 7.03. The van der Waals surface area contributed by atoms with Gasteiger partial charge >= 0.3 is 0 Å². The Morgan fingerprint density at radius 2 is 1.94 bits per heavy atom. The van der Waals surface area contributed by atoms with Crippen LogP contribution in [0.4, 0.5) is 5.82 Å². The third-order valence-corrected chi connectivity index (χ3v) is 3.49. The van der Waals surface area contributed by atoms with E-state index in [0.29, 0.717) is 12.4 Å². The molecule has 1 aromatic carbocycles. The van der Waals surface area contributed by atoms with Gasteiger partial charge in [-0.25, -0.2) is 4.98 Å². The van der Waals surface area contributed by atoms with Crippen molar-refractivity contribution >= 4 is 37.7 Å². The number of pyridine rings is 1. The number of benzene rings is 1. The summed E-state index contributed by atoms with van der Waals surface area (Å²) in [6, 6.07) is 11.5. The van der Waals surface area contributed by atoms with Crippen LogP contribution < -0.4 is 5.32 Å². The van der Waals surface area contributed by atoms with E-state index in [1.165, 1.54) is 0 Å². The molecule has 5 heteroatoms. The number of hydrogen-bond acceptors (Lipinski definition) is 3. The fraction of sp³-hybridized carbons (Fsp3) is 0.154. The first-order chi connectivity index (χ1) is 8.66. The summed E-state index contributed by atoms with van der Waals surface area (Å²) in [5.41, 5.74) is 0.887. The Kier molecular flexibility index (Phi) is 4.74. The molecule has 1 atom stereocenters. The molecule has 2 aromatic rings. The van der Waals surface area contributed by atoms with Crippen molar-refractivity contribution in [1.82, 2.24) is 4.98 Å². The van der Waals surface area contributed by atoms with Crippen molar-refractivity contribution < 1.29 is 5.11 Å². The summed E-state index contributed by atoms with van der Waals surface area (Å²) in [7, 11) is 0. The van der Waals surface area contributed by atoms with Crippen LogP contribution in [-0.4, -0.2) is 16.6 Å². The van der Waals surface area contributed by atoms with E-state index >= 15 is 0 Å². The van der Waals surface area contributed by atoms with Crippen molar-refractivity contribution in [3.05, 3.63) is 57.1 Å². The van der Waals surface area contributed by atoms with Crippen LogP contribution in [0.25, 0.3) is 0 Å². The van der Waals surface area contributed by atoms with E-state index in [4.69, 9.17) is 0 Å². The van der Waals surface area contributed by atoms with Crippen LogP contribution in [0.1, 0.15) is 11.7 Å². The highest BCUT2D eigenvalue weighted by Crippen LogP contribution is 2.24. The van der Waals surface area contributed by atoms with Crippen molar-refractivity contribution in [3.63, 3.8) is 0 Å². The molecule has 0 saturated carbocycles. The van der Waals surface area contributed by atoms with Gasteiger partial charge in [0.2, 0.25) is 0 Å². The first kappa shape index (κ1) is 13.5. The van der Waals surface area contributed by atoms with E-state index in [1.807, 2.05) is 36.4 Å². The Morgan fingerprint density at radius 1 is 1.22 bits per heavy atom. The SMILES string of the molecule is OC(CNc1ncc(Br)cc1Br)c1ccccc1. The highest BCUT2D eigenvalue weighted by molar-refractivity contribution is 9.11. The van der Waals surface area contributed by atoms with Gasteiger partial charge in [-0.3, -0.25) is 0 Å². The van der Waals surface area contributed by atoms with Gasteiger partial charge in [-0.2, -0.15) is 0 Å². The van der Waals surface area contributed by atoms with Crippen LogP contribution in [0, 0.1) is 0 Å². The Hall–Kier alpha value is -0.910. The molecular weight excluding hydrogens is 360 g/mol. The van der Waals surface area contributed by atoms with Crippen LogP contribution in [-0.2, 0) is 0 Å². The lowest BCUT2D eigenvalue weighted by Crippen LogP contribution is -2.13. The Morgan fingerprint density at radius 3 is 2.61 bits per heavy atom. The van der Waals surface area contributed by atoms with Crippen molar-refractivity contribution in [2.75, 3.05) is 11.9 Å². The Bertz CT molecular complexity index is 520. The van der Waals surface area contributed by atoms with Crippen molar-refractivity contribution in [3.8, 4) is 0 Å². The summed E-state index contributed by atoms with van der Waals surface area (Å²) >= 11 is 6.76. The van der Waals surface area contributed by atoms with Crippen LogP contribution >= 0.6 is 31.9 Å². The molecule has 0 fully saturated rings. The first-order valence-electron chi connectivity index (χ1n) is 5.45. The predicted molar refractivity (Wildman–Crippen MR) is 79.5 cm³/mol. The zero-order valence-electron chi connectivity index (χ0n) is 9.48. The Labute approximate surface area is 123 Å². The minimum absolute atomic E-state index is 0.414. The second kappa shape index (κ2) is 6.31. The molecule has 18 heavy (non-hydrogen) atoms. The van der Waals surface area contributed by atoms with Crippen molar-refractivity contribution in [2.24, 2.45) is 0 Å². The van der Waals surface area contributed by atoms with Gasteiger partial charge in [0.1, 0.15) is 5.82 Å². The Balaban J connectivity index is 1.99. The van der Waals surface area contributed by atoms with E-state index < -0.39 is 6.10 Å². The lowest BCUT2D eigenvalue weighted by molar-refractivity contribution is 0.191. The number of nitrogens with one attached hydrogen (secondary N) is 1. The highest BCUT2D eigenvalue weighted by atomic mass is 79.9. The lowest BCUT2D eigenvalue weighted by atomic mass is 10.1. The monoisotopic (exact) mass is 370 g/mol. The van der Waals surface area contributed by atoms with E-state index in [0.717, 1.165) is 14.5 Å². The average molecular weight is 372 g/mol. The molecule has 0 bridgehead atoms. The van der Waals surface area contributed by atoms with E-state index in [1.54, 1.807) is 6.20 Å².